The highest BCUT2D eigenvalue weighted by atomic mass is 32.2. The molecule has 0 bridgehead atoms. The van der Waals surface area contributed by atoms with Crippen LogP contribution in [0.4, 0.5) is 5.69 Å². The number of benzene rings is 1. The Morgan fingerprint density at radius 3 is 2.68 bits per heavy atom. The fraction of sp³-hybridized carbons (Fsp3) is 0.333. The summed E-state index contributed by atoms with van der Waals surface area (Å²) in [6.45, 7) is 0.854. The van der Waals surface area contributed by atoms with E-state index >= 15 is 0 Å². The Kier molecular flexibility index (Phi) is 4.05. The SMILES string of the molecule is O=C(C1CC1)N1CCc2cc(S(=O)(=O)NCc3ccncc3)ccc21. The molecule has 2 aliphatic rings. The smallest absolute Gasteiger partial charge is 0.240 e. The molecular formula is C18H19N3O3S. The molecule has 2 aromatic rings. The molecule has 0 atom stereocenters. The molecule has 1 aromatic carbocycles. The van der Waals surface area contributed by atoms with Crippen molar-refractivity contribution in [3.8, 4) is 0 Å². The Balaban J connectivity index is 1.52. The van der Waals surface area contributed by atoms with Gasteiger partial charge in [0.25, 0.3) is 0 Å². The minimum absolute atomic E-state index is 0.163. The highest BCUT2D eigenvalue weighted by Gasteiger charge is 2.36. The number of carbonyl (C=O) groups is 1. The standard InChI is InChI=1S/C18H19N3O3S/c22-18(14-1-2-14)21-10-7-15-11-16(3-4-17(15)21)25(23,24)20-12-13-5-8-19-9-6-13/h3-6,8-9,11,14,20H,1-2,7,10,12H2. The van der Waals surface area contributed by atoms with Crippen molar-refractivity contribution in [2.24, 2.45) is 5.92 Å². The van der Waals surface area contributed by atoms with Gasteiger partial charge in [0.2, 0.25) is 15.9 Å². The van der Waals surface area contributed by atoms with E-state index in [1.165, 1.54) is 0 Å². The Morgan fingerprint density at radius 2 is 1.96 bits per heavy atom. The monoisotopic (exact) mass is 357 g/mol. The van der Waals surface area contributed by atoms with Gasteiger partial charge in [-0.15, -0.1) is 0 Å². The lowest BCUT2D eigenvalue weighted by Gasteiger charge is -2.17. The largest absolute Gasteiger partial charge is 0.312 e. The van der Waals surface area contributed by atoms with E-state index in [0.717, 1.165) is 29.7 Å². The normalized spacial score (nSPS) is 16.7. The van der Waals surface area contributed by atoms with Crippen molar-refractivity contribution in [1.82, 2.24) is 9.71 Å². The van der Waals surface area contributed by atoms with Gasteiger partial charge in [-0.2, -0.15) is 0 Å². The molecule has 1 N–H and O–H groups in total. The van der Waals surface area contributed by atoms with Crippen LogP contribution in [0.2, 0.25) is 0 Å². The molecule has 1 amide bonds. The number of carbonyl (C=O) groups excluding carboxylic acids is 1. The van der Waals surface area contributed by atoms with E-state index in [1.54, 1.807) is 47.6 Å². The zero-order valence-corrected chi connectivity index (χ0v) is 14.5. The van der Waals surface area contributed by atoms with E-state index in [0.29, 0.717) is 13.0 Å². The van der Waals surface area contributed by atoms with E-state index in [4.69, 9.17) is 0 Å². The number of sulfonamides is 1. The molecule has 130 valence electrons. The van der Waals surface area contributed by atoms with Crippen molar-refractivity contribution >= 4 is 21.6 Å². The average Bonchev–Trinajstić information content (AvgIpc) is 3.39. The van der Waals surface area contributed by atoms with Crippen molar-refractivity contribution < 1.29 is 13.2 Å². The zero-order valence-electron chi connectivity index (χ0n) is 13.7. The molecule has 7 heteroatoms. The van der Waals surface area contributed by atoms with Gasteiger partial charge in [-0.25, -0.2) is 13.1 Å². The molecule has 1 aliphatic heterocycles. The van der Waals surface area contributed by atoms with E-state index in [-0.39, 0.29) is 23.3 Å². The molecule has 0 radical (unpaired) electrons. The van der Waals surface area contributed by atoms with Crippen molar-refractivity contribution in [2.45, 2.75) is 30.7 Å². The first-order valence-corrected chi connectivity index (χ1v) is 9.86. The van der Waals surface area contributed by atoms with Crippen molar-refractivity contribution in [2.75, 3.05) is 11.4 Å². The molecule has 2 heterocycles. The molecule has 0 saturated heterocycles. The number of hydrogen-bond acceptors (Lipinski definition) is 4. The van der Waals surface area contributed by atoms with Crippen LogP contribution in [0.15, 0.2) is 47.6 Å². The summed E-state index contributed by atoms with van der Waals surface area (Å²) in [7, 11) is -3.60. The van der Waals surface area contributed by atoms with Crippen LogP contribution in [0, 0.1) is 5.92 Å². The maximum absolute atomic E-state index is 12.5. The fourth-order valence-electron chi connectivity index (χ4n) is 3.09. The Labute approximate surface area is 146 Å². The number of nitrogens with zero attached hydrogens (tertiary/aromatic N) is 2. The number of aromatic nitrogens is 1. The van der Waals surface area contributed by atoms with E-state index in [1.807, 2.05) is 0 Å². The van der Waals surface area contributed by atoms with Gasteiger partial charge in [0, 0.05) is 37.1 Å². The van der Waals surface area contributed by atoms with Crippen LogP contribution in [0.25, 0.3) is 0 Å². The van der Waals surface area contributed by atoms with Crippen LogP contribution in [-0.2, 0) is 27.8 Å². The molecule has 25 heavy (non-hydrogen) atoms. The van der Waals surface area contributed by atoms with Gasteiger partial charge in [0.1, 0.15) is 0 Å². The Hall–Kier alpha value is -2.25. The average molecular weight is 357 g/mol. The van der Waals surface area contributed by atoms with Gasteiger partial charge in [0.15, 0.2) is 0 Å². The zero-order chi connectivity index (χ0) is 17.4. The van der Waals surface area contributed by atoms with Crippen LogP contribution in [-0.4, -0.2) is 25.9 Å². The van der Waals surface area contributed by atoms with E-state index < -0.39 is 10.0 Å². The third-order valence-electron chi connectivity index (χ3n) is 4.67. The van der Waals surface area contributed by atoms with Gasteiger partial charge in [-0.1, -0.05) is 0 Å². The van der Waals surface area contributed by atoms with Gasteiger partial charge in [-0.3, -0.25) is 9.78 Å². The quantitative estimate of drug-likeness (QED) is 0.886. The summed E-state index contributed by atoms with van der Waals surface area (Å²) >= 11 is 0. The second-order valence-electron chi connectivity index (χ2n) is 6.48. The van der Waals surface area contributed by atoms with Crippen LogP contribution >= 0.6 is 0 Å². The summed E-state index contributed by atoms with van der Waals surface area (Å²) in [4.78, 5) is 18.3. The van der Waals surface area contributed by atoms with Crippen LogP contribution in [0.5, 0.6) is 0 Å². The minimum Gasteiger partial charge on any atom is -0.312 e. The highest BCUT2D eigenvalue weighted by molar-refractivity contribution is 7.89. The fourth-order valence-corrected chi connectivity index (χ4v) is 4.16. The van der Waals surface area contributed by atoms with Gasteiger partial charge in [-0.05, 0) is 60.7 Å². The Bertz CT molecular complexity index is 908. The molecule has 1 saturated carbocycles. The summed E-state index contributed by atoms with van der Waals surface area (Å²) in [6, 6.07) is 8.55. The number of pyridine rings is 1. The molecule has 4 rings (SSSR count). The summed E-state index contributed by atoms with van der Waals surface area (Å²) in [6.07, 6.45) is 5.89. The minimum atomic E-state index is -3.60. The lowest BCUT2D eigenvalue weighted by molar-refractivity contribution is -0.119. The molecule has 1 aromatic heterocycles. The number of amides is 1. The number of rotatable bonds is 5. The third-order valence-corrected chi connectivity index (χ3v) is 6.06. The number of fused-ring (bicyclic) bond motifs is 1. The molecular weight excluding hydrogens is 338 g/mol. The maximum Gasteiger partial charge on any atom is 0.240 e. The van der Waals surface area contributed by atoms with Crippen LogP contribution in [0.3, 0.4) is 0 Å². The lowest BCUT2D eigenvalue weighted by Crippen LogP contribution is -2.30. The first kappa shape index (κ1) is 16.2. The second-order valence-corrected chi connectivity index (χ2v) is 8.25. The van der Waals surface area contributed by atoms with Crippen LogP contribution < -0.4 is 9.62 Å². The second kappa shape index (κ2) is 6.24. The number of hydrogen-bond donors (Lipinski definition) is 1. The summed E-state index contributed by atoms with van der Waals surface area (Å²) in [5, 5.41) is 0. The van der Waals surface area contributed by atoms with Crippen molar-refractivity contribution in [1.29, 1.82) is 0 Å². The molecule has 0 unspecified atom stereocenters. The Morgan fingerprint density at radius 1 is 1.20 bits per heavy atom. The lowest BCUT2D eigenvalue weighted by atomic mass is 10.2. The maximum atomic E-state index is 12.5. The first-order valence-electron chi connectivity index (χ1n) is 8.37. The third kappa shape index (κ3) is 3.29. The summed E-state index contributed by atoms with van der Waals surface area (Å²) in [5.41, 5.74) is 2.62. The van der Waals surface area contributed by atoms with Gasteiger partial charge in [0.05, 0.1) is 4.90 Å². The van der Waals surface area contributed by atoms with Crippen LogP contribution in [0.1, 0.15) is 24.0 Å². The molecule has 0 spiro atoms. The predicted octanol–water partition coefficient (Wildman–Crippen LogP) is 1.86. The first-order chi connectivity index (χ1) is 12.0. The molecule has 1 aliphatic carbocycles. The number of nitrogens with one attached hydrogen (secondary N) is 1. The molecule has 1 fully saturated rings. The predicted molar refractivity (Wildman–Crippen MR) is 93.5 cm³/mol. The summed E-state index contributed by atoms with van der Waals surface area (Å²) in [5.74, 6) is 0.335. The van der Waals surface area contributed by atoms with Gasteiger partial charge >= 0.3 is 0 Å². The topological polar surface area (TPSA) is 79.4 Å². The van der Waals surface area contributed by atoms with Crippen molar-refractivity contribution in [3.63, 3.8) is 0 Å². The number of anilines is 1. The highest BCUT2D eigenvalue weighted by Crippen LogP contribution is 2.37. The van der Waals surface area contributed by atoms with E-state index in [9.17, 15) is 13.2 Å². The van der Waals surface area contributed by atoms with Crippen molar-refractivity contribution in [3.05, 3.63) is 53.9 Å². The summed E-state index contributed by atoms with van der Waals surface area (Å²) < 4.78 is 27.7. The van der Waals surface area contributed by atoms with E-state index in [2.05, 4.69) is 9.71 Å². The molecule has 6 nitrogen and oxygen atoms in total. The van der Waals surface area contributed by atoms with Gasteiger partial charge < -0.3 is 4.90 Å².